The fourth-order valence-corrected chi connectivity index (χ4v) is 5.33. The van der Waals surface area contributed by atoms with Gasteiger partial charge in [-0.15, -0.1) is 11.8 Å². The lowest BCUT2D eigenvalue weighted by Crippen LogP contribution is -2.19. The van der Waals surface area contributed by atoms with Crippen LogP contribution in [0.5, 0.6) is 0 Å². The molecule has 1 fully saturated rings. The minimum absolute atomic E-state index is 0.439. The van der Waals surface area contributed by atoms with Crippen molar-refractivity contribution in [3.63, 3.8) is 0 Å². The molecule has 2 nitrogen and oxygen atoms in total. The minimum atomic E-state index is 0.439. The summed E-state index contributed by atoms with van der Waals surface area (Å²) in [6.45, 7) is 4.46. The number of thioether (sulfide) groups is 2. The molecule has 1 aromatic heterocycles. The van der Waals surface area contributed by atoms with Crippen LogP contribution in [0.4, 0.5) is 0 Å². The number of H-pyrrole nitrogens is 1. The Hall–Kier alpha value is 0.480. The SMILES string of the molecule is CCCc1[nH]c(C2SCCSC2C)nc(=S)c1Br. The Kier molecular flexibility index (Phi) is 5.60. The van der Waals surface area contributed by atoms with Gasteiger partial charge in [-0.2, -0.15) is 11.8 Å². The van der Waals surface area contributed by atoms with Crippen molar-refractivity contribution in [1.29, 1.82) is 0 Å². The van der Waals surface area contributed by atoms with Crippen LogP contribution in [-0.4, -0.2) is 26.7 Å². The van der Waals surface area contributed by atoms with Gasteiger partial charge in [0.2, 0.25) is 0 Å². The van der Waals surface area contributed by atoms with Crippen molar-refractivity contribution in [2.24, 2.45) is 0 Å². The molecule has 18 heavy (non-hydrogen) atoms. The second-order valence-electron chi connectivity index (χ2n) is 4.34. The van der Waals surface area contributed by atoms with E-state index in [2.05, 4.69) is 39.7 Å². The van der Waals surface area contributed by atoms with E-state index >= 15 is 0 Å². The third kappa shape index (κ3) is 3.32. The van der Waals surface area contributed by atoms with Gasteiger partial charge in [0.15, 0.2) is 0 Å². The second kappa shape index (κ2) is 6.77. The fourth-order valence-electron chi connectivity index (χ4n) is 2.02. The number of hydrogen-bond donors (Lipinski definition) is 1. The number of halogens is 1. The number of aromatic amines is 1. The van der Waals surface area contributed by atoms with Crippen LogP contribution in [0, 0.1) is 4.64 Å². The molecule has 1 aliphatic rings. The lowest BCUT2D eigenvalue weighted by atomic mass is 10.2. The minimum Gasteiger partial charge on any atom is -0.345 e. The van der Waals surface area contributed by atoms with E-state index < -0.39 is 0 Å². The summed E-state index contributed by atoms with van der Waals surface area (Å²) in [6.07, 6.45) is 2.12. The van der Waals surface area contributed by atoms with Gasteiger partial charge in [0.1, 0.15) is 10.5 Å². The van der Waals surface area contributed by atoms with Crippen molar-refractivity contribution in [3.8, 4) is 0 Å². The smallest absolute Gasteiger partial charge is 0.144 e. The molecule has 0 amide bonds. The number of rotatable bonds is 3. The molecule has 1 aliphatic heterocycles. The van der Waals surface area contributed by atoms with Gasteiger partial charge in [-0.25, -0.2) is 4.98 Å². The molecule has 0 aromatic carbocycles. The maximum Gasteiger partial charge on any atom is 0.144 e. The van der Waals surface area contributed by atoms with Gasteiger partial charge in [-0.3, -0.25) is 0 Å². The first-order chi connectivity index (χ1) is 8.63. The normalized spacial score (nSPS) is 24.2. The van der Waals surface area contributed by atoms with E-state index in [1.54, 1.807) is 0 Å². The Labute approximate surface area is 130 Å². The number of aromatic nitrogens is 2. The third-order valence-electron chi connectivity index (χ3n) is 2.91. The Balaban J connectivity index is 2.35. The predicted octanol–water partition coefficient (Wildman–Crippen LogP) is 4.76. The summed E-state index contributed by atoms with van der Waals surface area (Å²) in [6, 6.07) is 0. The van der Waals surface area contributed by atoms with Crippen molar-refractivity contribution >= 4 is 51.7 Å². The van der Waals surface area contributed by atoms with Crippen LogP contribution in [0.1, 0.15) is 37.0 Å². The molecule has 2 atom stereocenters. The molecule has 100 valence electrons. The molecule has 0 bridgehead atoms. The first-order valence-electron chi connectivity index (χ1n) is 6.15. The highest BCUT2D eigenvalue weighted by Crippen LogP contribution is 2.41. The van der Waals surface area contributed by atoms with Crippen LogP contribution in [-0.2, 0) is 6.42 Å². The Morgan fingerprint density at radius 3 is 2.83 bits per heavy atom. The van der Waals surface area contributed by atoms with E-state index in [4.69, 9.17) is 12.2 Å². The number of hydrogen-bond acceptors (Lipinski definition) is 4. The van der Waals surface area contributed by atoms with Crippen LogP contribution >= 0.6 is 51.7 Å². The van der Waals surface area contributed by atoms with E-state index in [0.717, 1.165) is 23.1 Å². The standard InChI is InChI=1S/C12H17BrN2S3/c1-3-4-8-9(13)12(16)15-11(14-8)10-7(2)17-5-6-18-10/h7,10H,3-6H2,1-2H3,(H,14,15,16). The Bertz CT molecular complexity index is 475. The van der Waals surface area contributed by atoms with Crippen molar-refractivity contribution < 1.29 is 0 Å². The summed E-state index contributed by atoms with van der Waals surface area (Å²) in [5.41, 5.74) is 1.19. The predicted molar refractivity (Wildman–Crippen MR) is 88.2 cm³/mol. The van der Waals surface area contributed by atoms with Crippen LogP contribution in [0.25, 0.3) is 0 Å². The van der Waals surface area contributed by atoms with Crippen molar-refractivity contribution in [2.45, 2.75) is 37.2 Å². The van der Waals surface area contributed by atoms with Crippen LogP contribution in [0.3, 0.4) is 0 Å². The van der Waals surface area contributed by atoms with E-state index in [0.29, 0.717) is 15.1 Å². The topological polar surface area (TPSA) is 28.7 Å². The first-order valence-corrected chi connectivity index (χ1v) is 9.45. The Morgan fingerprint density at radius 1 is 1.44 bits per heavy atom. The summed E-state index contributed by atoms with van der Waals surface area (Å²) in [7, 11) is 0. The number of nitrogens with one attached hydrogen (secondary N) is 1. The van der Waals surface area contributed by atoms with Gasteiger partial charge in [0.05, 0.1) is 9.72 Å². The highest BCUT2D eigenvalue weighted by Gasteiger charge is 2.26. The summed E-state index contributed by atoms with van der Waals surface area (Å²) < 4.78 is 1.65. The molecule has 2 rings (SSSR count). The summed E-state index contributed by atoms with van der Waals surface area (Å²) >= 11 is 12.9. The fraction of sp³-hybridized carbons (Fsp3) is 0.667. The van der Waals surface area contributed by atoms with Gasteiger partial charge >= 0.3 is 0 Å². The van der Waals surface area contributed by atoms with Crippen LogP contribution in [0.15, 0.2) is 4.47 Å². The second-order valence-corrected chi connectivity index (χ2v) is 8.25. The van der Waals surface area contributed by atoms with E-state index in [-0.39, 0.29) is 0 Å². The number of aryl methyl sites for hydroxylation is 1. The molecule has 2 heterocycles. The van der Waals surface area contributed by atoms with Crippen molar-refractivity contribution in [2.75, 3.05) is 11.5 Å². The van der Waals surface area contributed by atoms with Gasteiger partial charge < -0.3 is 4.98 Å². The molecular weight excluding hydrogens is 348 g/mol. The summed E-state index contributed by atoms with van der Waals surface area (Å²) in [5, 5.41) is 1.03. The first kappa shape index (κ1) is 14.9. The zero-order valence-corrected chi connectivity index (χ0v) is 14.6. The summed E-state index contributed by atoms with van der Waals surface area (Å²) in [4.78, 5) is 8.06. The number of nitrogens with zero attached hydrogens (tertiary/aromatic N) is 1. The van der Waals surface area contributed by atoms with Crippen LogP contribution in [0.2, 0.25) is 0 Å². The molecule has 0 radical (unpaired) electrons. The maximum atomic E-state index is 5.36. The van der Waals surface area contributed by atoms with Crippen molar-refractivity contribution in [1.82, 2.24) is 9.97 Å². The van der Waals surface area contributed by atoms with Gasteiger partial charge in [-0.05, 0) is 22.4 Å². The van der Waals surface area contributed by atoms with Gasteiger partial charge in [0.25, 0.3) is 0 Å². The van der Waals surface area contributed by atoms with E-state index in [9.17, 15) is 0 Å². The molecule has 0 spiro atoms. The highest BCUT2D eigenvalue weighted by molar-refractivity contribution is 9.10. The lowest BCUT2D eigenvalue weighted by molar-refractivity contribution is 0.778. The average molecular weight is 365 g/mol. The lowest BCUT2D eigenvalue weighted by Gasteiger charge is -2.27. The van der Waals surface area contributed by atoms with Crippen LogP contribution < -0.4 is 0 Å². The molecule has 0 saturated carbocycles. The monoisotopic (exact) mass is 364 g/mol. The Morgan fingerprint density at radius 2 is 2.17 bits per heavy atom. The summed E-state index contributed by atoms with van der Waals surface area (Å²) in [5.74, 6) is 3.49. The largest absolute Gasteiger partial charge is 0.345 e. The molecule has 0 aliphatic carbocycles. The van der Waals surface area contributed by atoms with Gasteiger partial charge in [0, 0.05) is 22.4 Å². The quantitative estimate of drug-likeness (QED) is 0.782. The van der Waals surface area contributed by atoms with Crippen molar-refractivity contribution in [3.05, 3.63) is 20.6 Å². The molecule has 2 unspecified atom stereocenters. The molecule has 6 heteroatoms. The maximum absolute atomic E-state index is 5.36. The van der Waals surface area contributed by atoms with E-state index in [1.165, 1.54) is 17.2 Å². The zero-order chi connectivity index (χ0) is 13.1. The molecule has 1 saturated heterocycles. The van der Waals surface area contributed by atoms with E-state index in [1.807, 2.05) is 23.5 Å². The molecule has 1 aromatic rings. The average Bonchev–Trinajstić information content (AvgIpc) is 2.35. The highest BCUT2D eigenvalue weighted by atomic mass is 79.9. The zero-order valence-electron chi connectivity index (χ0n) is 10.5. The molecule has 1 N–H and O–H groups in total. The molecular formula is C12H17BrN2S3. The third-order valence-corrected chi connectivity index (χ3v) is 7.42. The van der Waals surface area contributed by atoms with Gasteiger partial charge in [-0.1, -0.05) is 32.5 Å².